The average Bonchev–Trinajstić information content (AvgIpc) is 2.94. The van der Waals surface area contributed by atoms with Crippen molar-refractivity contribution in [2.45, 2.75) is 39.7 Å². The lowest BCUT2D eigenvalue weighted by Gasteiger charge is -2.32. The lowest BCUT2D eigenvalue weighted by atomic mass is 9.91. The van der Waals surface area contributed by atoms with E-state index in [1.54, 1.807) is 0 Å². The fourth-order valence-corrected chi connectivity index (χ4v) is 3.41. The molecule has 1 aromatic heterocycles. The van der Waals surface area contributed by atoms with Crippen LogP contribution in [0.1, 0.15) is 37.1 Å². The van der Waals surface area contributed by atoms with Gasteiger partial charge >= 0.3 is 0 Å². The molecule has 5 heteroatoms. The van der Waals surface area contributed by atoms with Crippen LogP contribution in [0.2, 0.25) is 0 Å². The lowest BCUT2D eigenvalue weighted by molar-refractivity contribution is 0.173. The molecule has 126 valence electrons. The number of hydrogen-bond donors (Lipinski definition) is 0. The molecule has 4 nitrogen and oxygen atoms in total. The van der Waals surface area contributed by atoms with Crippen LogP contribution in [-0.4, -0.2) is 40.0 Å². The molecule has 0 unspecified atom stereocenters. The molecule has 0 bridgehead atoms. The van der Waals surface area contributed by atoms with Gasteiger partial charge in [0.15, 0.2) is 0 Å². The van der Waals surface area contributed by atoms with Crippen LogP contribution < -0.4 is 0 Å². The van der Waals surface area contributed by atoms with Gasteiger partial charge in [0.2, 0.25) is 0 Å². The third-order valence-electron chi connectivity index (χ3n) is 4.47. The van der Waals surface area contributed by atoms with Crippen molar-refractivity contribution in [3.05, 3.63) is 46.2 Å². The summed E-state index contributed by atoms with van der Waals surface area (Å²) in [6.45, 7) is 8.74. The van der Waals surface area contributed by atoms with E-state index in [0.717, 1.165) is 16.1 Å². The molecule has 23 heavy (non-hydrogen) atoms. The minimum atomic E-state index is 0.486. The van der Waals surface area contributed by atoms with Crippen LogP contribution in [0.5, 0.6) is 0 Å². The van der Waals surface area contributed by atoms with Crippen molar-refractivity contribution < 1.29 is 0 Å². The van der Waals surface area contributed by atoms with Gasteiger partial charge in [-0.2, -0.15) is 0 Å². The second-order valence-electron chi connectivity index (χ2n) is 6.52. The minimum absolute atomic E-state index is 0.486. The highest BCUT2D eigenvalue weighted by atomic mass is 79.9. The van der Waals surface area contributed by atoms with Crippen LogP contribution in [-0.2, 0) is 0 Å². The van der Waals surface area contributed by atoms with Crippen LogP contribution in [0.3, 0.4) is 0 Å². The quantitative estimate of drug-likeness (QED) is 0.783. The Morgan fingerprint density at radius 2 is 1.91 bits per heavy atom. The van der Waals surface area contributed by atoms with Gasteiger partial charge in [0, 0.05) is 10.7 Å². The van der Waals surface area contributed by atoms with Gasteiger partial charge < -0.3 is 4.90 Å². The molecule has 0 N–H and O–H groups in total. The van der Waals surface area contributed by atoms with Crippen molar-refractivity contribution >= 4 is 15.9 Å². The number of nitrogens with zero attached hydrogens (tertiary/aromatic N) is 4. The van der Waals surface area contributed by atoms with E-state index in [1.807, 2.05) is 29.9 Å². The summed E-state index contributed by atoms with van der Waals surface area (Å²) in [4.78, 5) is 2.40. The highest BCUT2D eigenvalue weighted by Crippen LogP contribution is 2.27. The van der Waals surface area contributed by atoms with Gasteiger partial charge in [-0.1, -0.05) is 38.8 Å². The Labute approximate surface area is 148 Å². The molecule has 1 aromatic carbocycles. The summed E-state index contributed by atoms with van der Waals surface area (Å²) < 4.78 is 3.17. The summed E-state index contributed by atoms with van der Waals surface area (Å²) in [7, 11) is 2.19. The van der Waals surface area contributed by atoms with Gasteiger partial charge in [0.25, 0.3) is 0 Å². The predicted molar refractivity (Wildman–Crippen MR) is 98.6 cm³/mol. The maximum Gasteiger partial charge on any atom is 0.0796 e. The smallest absolute Gasteiger partial charge is 0.0796 e. The van der Waals surface area contributed by atoms with E-state index in [4.69, 9.17) is 0 Å². The summed E-state index contributed by atoms with van der Waals surface area (Å²) in [5, 5.41) is 8.21. The van der Waals surface area contributed by atoms with Crippen molar-refractivity contribution in [3.8, 4) is 0 Å². The third-order valence-corrected chi connectivity index (χ3v) is 4.96. The zero-order valence-corrected chi connectivity index (χ0v) is 16.1. The van der Waals surface area contributed by atoms with Crippen LogP contribution in [0, 0.1) is 19.8 Å². The van der Waals surface area contributed by atoms with Crippen molar-refractivity contribution in [1.29, 1.82) is 0 Å². The molecular weight excluding hydrogens is 352 g/mol. The molecule has 1 fully saturated rings. The summed E-state index contributed by atoms with van der Waals surface area (Å²) in [6.07, 6.45) is 4.59. The highest BCUT2D eigenvalue weighted by molar-refractivity contribution is 9.10. The monoisotopic (exact) mass is 378 g/mol. The number of benzene rings is 1. The number of hydrogen-bond acceptors (Lipinski definition) is 3. The van der Waals surface area contributed by atoms with E-state index < -0.39 is 0 Å². The van der Waals surface area contributed by atoms with E-state index in [1.165, 1.54) is 31.5 Å². The molecule has 2 heterocycles. The Kier molecular flexibility index (Phi) is 6.78. The standard InChI is InChI=1S/C11H20N4.C7H7Br/c1-9-8-15(13-12-9)10(2)11-4-6-14(3)7-5-11;1-6-3-2-4-7(8)5-6/h8,10-11H,4-7H2,1-3H3;2-5H,1H3/t10-;/m0./s1. The van der Waals surface area contributed by atoms with Crippen LogP contribution >= 0.6 is 15.9 Å². The number of halogens is 1. The Hall–Kier alpha value is -1.20. The normalized spacial score (nSPS) is 17.4. The van der Waals surface area contributed by atoms with Gasteiger partial charge in [0.1, 0.15) is 0 Å². The Morgan fingerprint density at radius 1 is 1.22 bits per heavy atom. The van der Waals surface area contributed by atoms with E-state index >= 15 is 0 Å². The first-order chi connectivity index (χ1) is 11.0. The summed E-state index contributed by atoms with van der Waals surface area (Å²) in [5.74, 6) is 0.752. The van der Waals surface area contributed by atoms with Crippen LogP contribution in [0.15, 0.2) is 34.9 Å². The second kappa shape index (κ2) is 8.60. The van der Waals surface area contributed by atoms with Gasteiger partial charge in [-0.3, -0.25) is 0 Å². The summed E-state index contributed by atoms with van der Waals surface area (Å²) >= 11 is 3.36. The van der Waals surface area contributed by atoms with Crippen molar-refractivity contribution in [2.24, 2.45) is 5.92 Å². The summed E-state index contributed by atoms with van der Waals surface area (Å²) in [6, 6.07) is 8.69. The molecule has 0 aliphatic carbocycles. The molecular formula is C18H27BrN4. The molecule has 1 saturated heterocycles. The fraction of sp³-hybridized carbons (Fsp3) is 0.556. The SMILES string of the molecule is Cc1cccc(Br)c1.Cc1cn([C@@H](C)C2CCN(C)CC2)nn1. The van der Waals surface area contributed by atoms with Gasteiger partial charge in [-0.15, -0.1) is 5.10 Å². The number of rotatable bonds is 2. The first-order valence-electron chi connectivity index (χ1n) is 8.25. The zero-order valence-electron chi connectivity index (χ0n) is 14.5. The zero-order chi connectivity index (χ0) is 16.8. The first kappa shape index (κ1) is 18.1. The third kappa shape index (κ3) is 5.74. The van der Waals surface area contributed by atoms with Gasteiger partial charge in [-0.25, -0.2) is 4.68 Å². The van der Waals surface area contributed by atoms with Crippen LogP contribution in [0.4, 0.5) is 0 Å². The molecule has 1 aliphatic rings. The molecule has 3 rings (SSSR count). The van der Waals surface area contributed by atoms with Gasteiger partial charge in [-0.05, 0) is 71.8 Å². The molecule has 1 aliphatic heterocycles. The van der Waals surface area contributed by atoms with E-state index in [0.29, 0.717) is 6.04 Å². The van der Waals surface area contributed by atoms with E-state index in [2.05, 4.69) is 64.2 Å². The lowest BCUT2D eigenvalue weighted by Crippen LogP contribution is -2.33. The molecule has 2 aromatic rings. The molecule has 1 atom stereocenters. The number of piperidine rings is 1. The minimum Gasteiger partial charge on any atom is -0.306 e. The molecule has 0 spiro atoms. The predicted octanol–water partition coefficient (Wildman–Crippen LogP) is 4.25. The maximum atomic E-state index is 4.16. The summed E-state index contributed by atoms with van der Waals surface area (Å²) in [5.41, 5.74) is 2.30. The van der Waals surface area contributed by atoms with Crippen molar-refractivity contribution in [2.75, 3.05) is 20.1 Å². The molecule has 0 amide bonds. The highest BCUT2D eigenvalue weighted by Gasteiger charge is 2.23. The van der Waals surface area contributed by atoms with E-state index in [9.17, 15) is 0 Å². The van der Waals surface area contributed by atoms with Crippen molar-refractivity contribution in [3.63, 3.8) is 0 Å². The fourth-order valence-electron chi connectivity index (χ4n) is 2.90. The second-order valence-corrected chi connectivity index (χ2v) is 7.44. The number of likely N-dealkylation sites (tertiary alicyclic amines) is 1. The van der Waals surface area contributed by atoms with Crippen LogP contribution in [0.25, 0.3) is 0 Å². The maximum absolute atomic E-state index is 4.16. The Bertz CT molecular complexity index is 585. The van der Waals surface area contributed by atoms with Crippen molar-refractivity contribution in [1.82, 2.24) is 19.9 Å². The van der Waals surface area contributed by atoms with E-state index in [-0.39, 0.29) is 0 Å². The molecule has 0 radical (unpaired) electrons. The number of aromatic nitrogens is 3. The average molecular weight is 379 g/mol. The Balaban J connectivity index is 0.000000203. The van der Waals surface area contributed by atoms with Gasteiger partial charge in [0.05, 0.1) is 11.7 Å². The Morgan fingerprint density at radius 3 is 2.39 bits per heavy atom. The molecule has 0 saturated carbocycles. The topological polar surface area (TPSA) is 34.0 Å². The number of aryl methyl sites for hydroxylation is 2. The largest absolute Gasteiger partial charge is 0.306 e. The first-order valence-corrected chi connectivity index (χ1v) is 9.04.